The van der Waals surface area contributed by atoms with Gasteiger partial charge in [0.05, 0.1) is 11.4 Å². The van der Waals surface area contributed by atoms with E-state index in [-0.39, 0.29) is 11.7 Å². The van der Waals surface area contributed by atoms with E-state index < -0.39 is 0 Å². The first-order valence-electron chi connectivity index (χ1n) is 5.47. The standard InChI is InChI=1S/C11H19N3O/c1-3-4-5-6-7-9-10(15)8(2)13-11(12)14-9/h15H,3-7H2,1-2H3,(H2,12,13,14). The first kappa shape index (κ1) is 11.8. The molecule has 0 bridgehead atoms. The molecule has 0 aliphatic rings. The molecule has 0 spiro atoms. The minimum absolute atomic E-state index is 0.195. The molecule has 0 fully saturated rings. The molecule has 0 saturated heterocycles. The van der Waals surface area contributed by atoms with E-state index >= 15 is 0 Å². The smallest absolute Gasteiger partial charge is 0.220 e. The molecule has 1 aromatic heterocycles. The van der Waals surface area contributed by atoms with Crippen LogP contribution in [0.5, 0.6) is 5.75 Å². The number of rotatable bonds is 5. The van der Waals surface area contributed by atoms with Crippen molar-refractivity contribution in [3.8, 4) is 5.75 Å². The highest BCUT2D eigenvalue weighted by Gasteiger charge is 2.08. The van der Waals surface area contributed by atoms with Crippen LogP contribution < -0.4 is 5.73 Å². The van der Waals surface area contributed by atoms with Crippen LogP contribution in [0, 0.1) is 6.92 Å². The number of aromatic nitrogens is 2. The van der Waals surface area contributed by atoms with Gasteiger partial charge in [-0.25, -0.2) is 9.97 Å². The lowest BCUT2D eigenvalue weighted by molar-refractivity contribution is 0.453. The monoisotopic (exact) mass is 209 g/mol. The Bertz CT molecular complexity index is 326. The number of aryl methyl sites for hydroxylation is 2. The molecule has 84 valence electrons. The van der Waals surface area contributed by atoms with Crippen molar-refractivity contribution in [2.24, 2.45) is 0 Å². The van der Waals surface area contributed by atoms with Crippen LogP contribution >= 0.6 is 0 Å². The molecule has 15 heavy (non-hydrogen) atoms. The van der Waals surface area contributed by atoms with Crippen molar-refractivity contribution in [2.75, 3.05) is 5.73 Å². The highest BCUT2D eigenvalue weighted by molar-refractivity contribution is 5.35. The van der Waals surface area contributed by atoms with E-state index in [1.165, 1.54) is 19.3 Å². The molecule has 1 rings (SSSR count). The van der Waals surface area contributed by atoms with Crippen LogP contribution in [0.15, 0.2) is 0 Å². The molecular formula is C11H19N3O. The third-order valence-corrected chi connectivity index (χ3v) is 2.41. The number of nitrogens with zero attached hydrogens (tertiary/aromatic N) is 2. The summed E-state index contributed by atoms with van der Waals surface area (Å²) in [5.74, 6) is 0.441. The van der Waals surface area contributed by atoms with Gasteiger partial charge in [0.1, 0.15) is 0 Å². The fraction of sp³-hybridized carbons (Fsp3) is 0.636. The van der Waals surface area contributed by atoms with Gasteiger partial charge in [0.25, 0.3) is 0 Å². The zero-order valence-corrected chi connectivity index (χ0v) is 9.45. The Labute approximate surface area is 90.6 Å². The van der Waals surface area contributed by atoms with E-state index in [2.05, 4.69) is 16.9 Å². The van der Waals surface area contributed by atoms with E-state index in [9.17, 15) is 5.11 Å². The van der Waals surface area contributed by atoms with Crippen LogP contribution in [0.3, 0.4) is 0 Å². The predicted molar refractivity (Wildman–Crippen MR) is 60.7 cm³/mol. The van der Waals surface area contributed by atoms with Crippen LogP contribution in [0.2, 0.25) is 0 Å². The minimum Gasteiger partial charge on any atom is -0.504 e. The van der Waals surface area contributed by atoms with Gasteiger partial charge in [-0.05, 0) is 19.8 Å². The molecule has 1 aromatic rings. The number of nitrogen functional groups attached to an aromatic ring is 1. The molecule has 4 heteroatoms. The Kier molecular flexibility index (Phi) is 4.34. The van der Waals surface area contributed by atoms with Gasteiger partial charge in [0, 0.05) is 0 Å². The molecule has 0 aliphatic heterocycles. The van der Waals surface area contributed by atoms with Crippen molar-refractivity contribution in [1.82, 2.24) is 9.97 Å². The maximum absolute atomic E-state index is 9.70. The van der Waals surface area contributed by atoms with Crippen molar-refractivity contribution < 1.29 is 5.11 Å². The van der Waals surface area contributed by atoms with Crippen molar-refractivity contribution in [2.45, 2.75) is 46.0 Å². The second kappa shape index (κ2) is 5.53. The highest BCUT2D eigenvalue weighted by Crippen LogP contribution is 2.21. The number of hydrogen-bond donors (Lipinski definition) is 2. The SMILES string of the molecule is CCCCCCc1nc(N)nc(C)c1O. The average molecular weight is 209 g/mol. The zero-order chi connectivity index (χ0) is 11.3. The van der Waals surface area contributed by atoms with Crippen LogP contribution in [0.25, 0.3) is 0 Å². The maximum Gasteiger partial charge on any atom is 0.220 e. The summed E-state index contributed by atoms with van der Waals surface area (Å²) in [4.78, 5) is 7.94. The van der Waals surface area contributed by atoms with E-state index in [1.807, 2.05) is 0 Å². The molecule has 0 aromatic carbocycles. The Hall–Kier alpha value is -1.32. The van der Waals surface area contributed by atoms with Gasteiger partial charge in [-0.15, -0.1) is 0 Å². The van der Waals surface area contributed by atoms with E-state index in [1.54, 1.807) is 6.92 Å². The van der Waals surface area contributed by atoms with Crippen molar-refractivity contribution in [3.05, 3.63) is 11.4 Å². The summed E-state index contributed by atoms with van der Waals surface area (Å²) in [6.45, 7) is 3.91. The first-order chi connectivity index (χ1) is 7.15. The fourth-order valence-electron chi connectivity index (χ4n) is 1.54. The van der Waals surface area contributed by atoms with Gasteiger partial charge in [-0.3, -0.25) is 0 Å². The van der Waals surface area contributed by atoms with Crippen molar-refractivity contribution >= 4 is 5.95 Å². The van der Waals surface area contributed by atoms with Gasteiger partial charge in [-0.1, -0.05) is 26.2 Å². The molecule has 0 radical (unpaired) electrons. The van der Waals surface area contributed by atoms with Crippen LogP contribution in [-0.4, -0.2) is 15.1 Å². The predicted octanol–water partition coefficient (Wildman–Crippen LogP) is 2.20. The number of aromatic hydroxyl groups is 1. The summed E-state index contributed by atoms with van der Waals surface area (Å²) in [5, 5.41) is 9.70. The number of unbranched alkanes of at least 4 members (excludes halogenated alkanes) is 3. The normalized spacial score (nSPS) is 10.5. The Morgan fingerprint density at radius 1 is 1.20 bits per heavy atom. The topological polar surface area (TPSA) is 72.0 Å². The van der Waals surface area contributed by atoms with Gasteiger partial charge in [0.2, 0.25) is 5.95 Å². The molecule has 4 nitrogen and oxygen atoms in total. The summed E-state index contributed by atoms with van der Waals surface area (Å²) in [7, 11) is 0. The van der Waals surface area contributed by atoms with Crippen LogP contribution in [0.1, 0.15) is 44.0 Å². The second-order valence-corrected chi connectivity index (χ2v) is 3.77. The largest absolute Gasteiger partial charge is 0.504 e. The summed E-state index contributed by atoms with van der Waals surface area (Å²) in [5.41, 5.74) is 6.77. The van der Waals surface area contributed by atoms with Gasteiger partial charge >= 0.3 is 0 Å². The Balaban J connectivity index is 2.60. The second-order valence-electron chi connectivity index (χ2n) is 3.77. The maximum atomic E-state index is 9.70. The number of anilines is 1. The Morgan fingerprint density at radius 3 is 2.60 bits per heavy atom. The van der Waals surface area contributed by atoms with Crippen molar-refractivity contribution in [1.29, 1.82) is 0 Å². The molecule has 0 saturated carbocycles. The lowest BCUT2D eigenvalue weighted by Crippen LogP contribution is -2.02. The molecule has 3 N–H and O–H groups in total. The zero-order valence-electron chi connectivity index (χ0n) is 9.45. The van der Waals surface area contributed by atoms with Gasteiger partial charge in [0.15, 0.2) is 5.75 Å². The highest BCUT2D eigenvalue weighted by atomic mass is 16.3. The quantitative estimate of drug-likeness (QED) is 0.729. The summed E-state index contributed by atoms with van der Waals surface area (Å²) in [6.07, 6.45) is 5.41. The molecule has 0 aliphatic carbocycles. The summed E-state index contributed by atoms with van der Waals surface area (Å²) < 4.78 is 0. The molecular weight excluding hydrogens is 190 g/mol. The van der Waals surface area contributed by atoms with Gasteiger partial charge in [-0.2, -0.15) is 0 Å². The van der Waals surface area contributed by atoms with E-state index in [0.717, 1.165) is 12.8 Å². The third-order valence-electron chi connectivity index (χ3n) is 2.41. The van der Waals surface area contributed by atoms with E-state index in [4.69, 9.17) is 5.73 Å². The number of nitrogens with two attached hydrogens (primary N) is 1. The fourth-order valence-corrected chi connectivity index (χ4v) is 1.54. The molecule has 1 heterocycles. The lowest BCUT2D eigenvalue weighted by Gasteiger charge is -2.06. The van der Waals surface area contributed by atoms with Crippen LogP contribution in [0.4, 0.5) is 5.95 Å². The molecule has 0 unspecified atom stereocenters. The van der Waals surface area contributed by atoms with Gasteiger partial charge < -0.3 is 10.8 Å². The third kappa shape index (κ3) is 3.38. The van der Waals surface area contributed by atoms with Crippen molar-refractivity contribution in [3.63, 3.8) is 0 Å². The molecule has 0 amide bonds. The summed E-state index contributed by atoms with van der Waals surface area (Å²) in [6, 6.07) is 0. The van der Waals surface area contributed by atoms with E-state index in [0.29, 0.717) is 11.4 Å². The first-order valence-corrected chi connectivity index (χ1v) is 5.47. The molecule has 0 atom stereocenters. The number of hydrogen-bond acceptors (Lipinski definition) is 4. The average Bonchev–Trinajstić information content (AvgIpc) is 2.19. The lowest BCUT2D eigenvalue weighted by atomic mass is 10.1. The Morgan fingerprint density at radius 2 is 1.93 bits per heavy atom. The minimum atomic E-state index is 0.195. The summed E-state index contributed by atoms with van der Waals surface area (Å²) >= 11 is 0. The van der Waals surface area contributed by atoms with Crippen LogP contribution in [-0.2, 0) is 6.42 Å².